The number of ether oxygens (including phenoxy) is 1. The number of benzene rings is 2. The van der Waals surface area contributed by atoms with Crippen molar-refractivity contribution in [3.8, 4) is 5.75 Å². The number of hydrogen-bond donors (Lipinski definition) is 1. The number of aryl methyl sites for hydroxylation is 1. The Hall–Kier alpha value is -1.65. The fraction of sp³-hybridized carbons (Fsp3) is 0.200. The topological polar surface area (TPSA) is 29.5 Å². The number of aliphatic hydroxyl groups excluding tert-OH is 1. The normalized spacial score (nSPS) is 12.3. The summed E-state index contributed by atoms with van der Waals surface area (Å²) in [6, 6.07) is 6.98. The van der Waals surface area contributed by atoms with Crippen LogP contribution in [-0.2, 0) is 0 Å². The van der Waals surface area contributed by atoms with Gasteiger partial charge in [-0.05, 0) is 12.5 Å². The van der Waals surface area contributed by atoms with Crippen LogP contribution in [0.2, 0.25) is 5.02 Å². The molecule has 2 aromatic carbocycles. The largest absolute Gasteiger partial charge is 0.497 e. The number of rotatable bonds is 3. The van der Waals surface area contributed by atoms with Gasteiger partial charge in [0.25, 0.3) is 0 Å². The van der Waals surface area contributed by atoms with Crippen molar-refractivity contribution in [3.63, 3.8) is 0 Å². The molecule has 0 aliphatic rings. The molecule has 20 heavy (non-hydrogen) atoms. The highest BCUT2D eigenvalue weighted by Gasteiger charge is 2.23. The SMILES string of the molecule is COc1cc(F)c(C(O)c2cccc(C)c2Cl)c(F)c1. The van der Waals surface area contributed by atoms with Crippen molar-refractivity contribution in [1.82, 2.24) is 0 Å². The van der Waals surface area contributed by atoms with Crippen LogP contribution in [0, 0.1) is 18.6 Å². The highest BCUT2D eigenvalue weighted by atomic mass is 35.5. The molecule has 0 aliphatic heterocycles. The zero-order valence-corrected chi connectivity index (χ0v) is 11.7. The quantitative estimate of drug-likeness (QED) is 0.927. The van der Waals surface area contributed by atoms with Gasteiger partial charge in [0.1, 0.15) is 23.5 Å². The third-order valence-electron chi connectivity index (χ3n) is 3.08. The van der Waals surface area contributed by atoms with Crippen LogP contribution in [0.5, 0.6) is 5.75 Å². The molecule has 1 unspecified atom stereocenters. The average Bonchev–Trinajstić information content (AvgIpc) is 2.40. The Balaban J connectivity index is 2.54. The third kappa shape index (κ3) is 2.62. The number of methoxy groups -OCH3 is 1. The molecule has 2 rings (SSSR count). The minimum Gasteiger partial charge on any atom is -0.497 e. The van der Waals surface area contributed by atoms with Gasteiger partial charge in [-0.1, -0.05) is 29.8 Å². The van der Waals surface area contributed by atoms with Gasteiger partial charge < -0.3 is 9.84 Å². The summed E-state index contributed by atoms with van der Waals surface area (Å²) in [4.78, 5) is 0. The van der Waals surface area contributed by atoms with Crippen molar-refractivity contribution in [2.24, 2.45) is 0 Å². The fourth-order valence-corrected chi connectivity index (χ4v) is 2.21. The highest BCUT2D eigenvalue weighted by molar-refractivity contribution is 6.32. The van der Waals surface area contributed by atoms with Gasteiger partial charge in [-0.2, -0.15) is 0 Å². The summed E-state index contributed by atoms with van der Waals surface area (Å²) < 4.78 is 32.7. The zero-order valence-electron chi connectivity index (χ0n) is 11.0. The molecule has 106 valence electrons. The fourth-order valence-electron chi connectivity index (χ4n) is 1.98. The van der Waals surface area contributed by atoms with Crippen molar-refractivity contribution in [2.45, 2.75) is 13.0 Å². The maximum Gasteiger partial charge on any atom is 0.135 e. The van der Waals surface area contributed by atoms with Crippen molar-refractivity contribution in [3.05, 3.63) is 63.7 Å². The number of aliphatic hydroxyl groups is 1. The highest BCUT2D eigenvalue weighted by Crippen LogP contribution is 2.34. The second-order valence-electron chi connectivity index (χ2n) is 4.39. The van der Waals surface area contributed by atoms with E-state index in [9.17, 15) is 13.9 Å². The van der Waals surface area contributed by atoms with E-state index in [2.05, 4.69) is 0 Å². The first-order valence-corrected chi connectivity index (χ1v) is 6.29. The summed E-state index contributed by atoms with van der Waals surface area (Å²) in [6.45, 7) is 1.75. The Bertz CT molecular complexity index is 621. The molecule has 0 fully saturated rings. The molecule has 0 saturated heterocycles. The molecule has 0 spiro atoms. The lowest BCUT2D eigenvalue weighted by molar-refractivity contribution is 0.208. The lowest BCUT2D eigenvalue weighted by atomic mass is 9.98. The van der Waals surface area contributed by atoms with Gasteiger partial charge in [-0.25, -0.2) is 8.78 Å². The molecule has 5 heteroatoms. The van der Waals surface area contributed by atoms with Crippen LogP contribution in [0.1, 0.15) is 22.8 Å². The minimum absolute atomic E-state index is 0.0475. The molecular weight excluding hydrogens is 286 g/mol. The summed E-state index contributed by atoms with van der Waals surface area (Å²) in [5.41, 5.74) is 0.533. The third-order valence-corrected chi connectivity index (χ3v) is 3.59. The first-order valence-electron chi connectivity index (χ1n) is 5.91. The zero-order chi connectivity index (χ0) is 14.9. The Morgan fingerprint density at radius 1 is 1.20 bits per heavy atom. The van der Waals surface area contributed by atoms with E-state index in [-0.39, 0.29) is 16.3 Å². The predicted octanol–water partition coefficient (Wildman–Crippen LogP) is 4.02. The molecule has 0 aliphatic carbocycles. The van der Waals surface area contributed by atoms with Crippen LogP contribution >= 0.6 is 11.6 Å². The Morgan fingerprint density at radius 3 is 2.35 bits per heavy atom. The number of halogens is 3. The maximum absolute atomic E-state index is 13.9. The molecule has 0 aromatic heterocycles. The molecule has 0 radical (unpaired) electrons. The molecule has 1 atom stereocenters. The van der Waals surface area contributed by atoms with Gasteiger partial charge in [0.2, 0.25) is 0 Å². The van der Waals surface area contributed by atoms with E-state index in [1.807, 2.05) is 0 Å². The Kier molecular flexibility index (Phi) is 4.26. The molecule has 0 amide bonds. The summed E-state index contributed by atoms with van der Waals surface area (Å²) >= 11 is 6.07. The van der Waals surface area contributed by atoms with Crippen LogP contribution < -0.4 is 4.74 Å². The van der Waals surface area contributed by atoms with Crippen LogP contribution in [0.15, 0.2) is 30.3 Å². The summed E-state index contributed by atoms with van der Waals surface area (Å²) in [6.07, 6.45) is -1.48. The Morgan fingerprint density at radius 2 is 1.80 bits per heavy atom. The average molecular weight is 299 g/mol. The lowest BCUT2D eigenvalue weighted by Gasteiger charge is -2.16. The second-order valence-corrected chi connectivity index (χ2v) is 4.76. The second kappa shape index (κ2) is 5.77. The Labute approximate surface area is 120 Å². The van der Waals surface area contributed by atoms with Crippen LogP contribution in [0.3, 0.4) is 0 Å². The first-order chi connectivity index (χ1) is 9.45. The van der Waals surface area contributed by atoms with Gasteiger partial charge in [-0.15, -0.1) is 0 Å². The molecule has 1 N–H and O–H groups in total. The van der Waals surface area contributed by atoms with E-state index >= 15 is 0 Å². The monoisotopic (exact) mass is 298 g/mol. The predicted molar refractivity (Wildman–Crippen MR) is 73.2 cm³/mol. The van der Waals surface area contributed by atoms with E-state index < -0.39 is 23.3 Å². The van der Waals surface area contributed by atoms with Crippen molar-refractivity contribution in [2.75, 3.05) is 7.11 Å². The summed E-state index contributed by atoms with van der Waals surface area (Å²) in [7, 11) is 1.31. The van der Waals surface area contributed by atoms with E-state index in [0.717, 1.165) is 17.7 Å². The van der Waals surface area contributed by atoms with Gasteiger partial charge in [-0.3, -0.25) is 0 Å². The molecule has 0 bridgehead atoms. The van der Waals surface area contributed by atoms with Crippen LogP contribution in [0.4, 0.5) is 8.78 Å². The maximum atomic E-state index is 13.9. The van der Waals surface area contributed by atoms with E-state index in [1.165, 1.54) is 13.2 Å². The van der Waals surface area contributed by atoms with Crippen molar-refractivity contribution in [1.29, 1.82) is 0 Å². The molecule has 2 aromatic rings. The smallest absolute Gasteiger partial charge is 0.135 e. The van der Waals surface area contributed by atoms with Gasteiger partial charge >= 0.3 is 0 Å². The summed E-state index contributed by atoms with van der Waals surface area (Å²) in [5, 5.41) is 10.5. The van der Waals surface area contributed by atoms with Gasteiger partial charge in [0.05, 0.1) is 12.7 Å². The minimum atomic E-state index is -1.48. The van der Waals surface area contributed by atoms with E-state index in [4.69, 9.17) is 16.3 Å². The van der Waals surface area contributed by atoms with Crippen LogP contribution in [0.25, 0.3) is 0 Å². The molecule has 0 saturated carbocycles. The summed E-state index contributed by atoms with van der Waals surface area (Å²) in [5.74, 6) is -1.72. The molecule has 0 heterocycles. The van der Waals surface area contributed by atoms with Gasteiger partial charge in [0, 0.05) is 22.7 Å². The standard InChI is InChI=1S/C15H13ClF2O2/c1-8-4-3-5-10(14(8)16)15(19)13-11(17)6-9(20-2)7-12(13)18/h3-7,15,19H,1-2H3. The molecule has 2 nitrogen and oxygen atoms in total. The first kappa shape index (κ1) is 14.8. The lowest BCUT2D eigenvalue weighted by Crippen LogP contribution is -2.07. The van der Waals surface area contributed by atoms with Gasteiger partial charge in [0.15, 0.2) is 0 Å². The van der Waals surface area contributed by atoms with Crippen LogP contribution in [-0.4, -0.2) is 12.2 Å². The van der Waals surface area contributed by atoms with Crippen molar-refractivity contribution >= 4 is 11.6 Å². The number of hydrogen-bond acceptors (Lipinski definition) is 2. The van der Waals surface area contributed by atoms with E-state index in [0.29, 0.717) is 0 Å². The van der Waals surface area contributed by atoms with E-state index in [1.54, 1.807) is 19.1 Å². The van der Waals surface area contributed by atoms with Crippen molar-refractivity contribution < 1.29 is 18.6 Å². The molecular formula is C15H13ClF2O2.